The lowest BCUT2D eigenvalue weighted by Gasteiger charge is -2.28. The Hall–Kier alpha value is -0.920. The summed E-state index contributed by atoms with van der Waals surface area (Å²) in [6, 6.07) is 0. The van der Waals surface area contributed by atoms with Gasteiger partial charge in [-0.1, -0.05) is 6.58 Å². The Morgan fingerprint density at radius 3 is 2.13 bits per heavy atom. The smallest absolute Gasteiger partial charge is 0.246 e. The van der Waals surface area contributed by atoms with E-state index in [0.717, 1.165) is 0 Å². The van der Waals surface area contributed by atoms with Gasteiger partial charge in [0.05, 0.1) is 4.75 Å². The van der Waals surface area contributed by atoms with E-state index >= 15 is 0 Å². The van der Waals surface area contributed by atoms with E-state index in [9.17, 15) is 17.8 Å². The lowest BCUT2D eigenvalue weighted by atomic mass is 10.2. The summed E-state index contributed by atoms with van der Waals surface area (Å²) in [5.41, 5.74) is 0.268. The van der Waals surface area contributed by atoms with Gasteiger partial charge in [-0.05, 0) is 20.8 Å². The highest BCUT2D eigenvalue weighted by Gasteiger charge is 2.26. The summed E-state index contributed by atoms with van der Waals surface area (Å²) in [5, 5.41) is 2.31. The fraction of sp³-hybridized carbons (Fsp3) is 0.625. The maximum atomic E-state index is 11.0. The Bertz CT molecular complexity index is 346. The fourth-order valence-corrected chi connectivity index (χ4v) is 0.781. The Kier molecular flexibility index (Phi) is 5.77. The van der Waals surface area contributed by atoms with Crippen molar-refractivity contribution in [1.82, 2.24) is 11.5 Å². The summed E-state index contributed by atoms with van der Waals surface area (Å²) in [6.07, 6.45) is 0. The summed E-state index contributed by atoms with van der Waals surface area (Å²) in [5.74, 6) is -0.457. The van der Waals surface area contributed by atoms with Gasteiger partial charge >= 0.3 is 0 Å². The minimum absolute atomic E-state index is 0. The molecular weight excluding hydrogens is 220 g/mol. The molecule has 0 rings (SSSR count). The van der Waals surface area contributed by atoms with Gasteiger partial charge < -0.3 is 16.0 Å². The molecule has 7 heteroatoms. The predicted octanol–water partition coefficient (Wildman–Crippen LogP) is 0.379. The van der Waals surface area contributed by atoms with Crippen LogP contribution in [0.1, 0.15) is 20.8 Å². The standard InChI is InChI=1S/C8H15NO4S.H3N/c1-6(2)7(10)9-5-8(3,4)14(11,12)13;/h1,5H2,2-4H3,(H,9,10)(H,11,12,13);1H3. The normalized spacial score (nSPS) is 11.5. The Balaban J connectivity index is 0. The van der Waals surface area contributed by atoms with E-state index in [1.165, 1.54) is 20.8 Å². The van der Waals surface area contributed by atoms with Crippen LogP contribution >= 0.6 is 0 Å². The number of rotatable bonds is 4. The zero-order chi connectivity index (χ0) is 11.6. The summed E-state index contributed by atoms with van der Waals surface area (Å²) >= 11 is 0. The van der Waals surface area contributed by atoms with Gasteiger partial charge in [-0.25, -0.2) is 8.42 Å². The lowest BCUT2D eigenvalue weighted by molar-refractivity contribution is -0.117. The van der Waals surface area contributed by atoms with E-state index in [0.29, 0.717) is 0 Å². The van der Waals surface area contributed by atoms with Crippen LogP contribution in [0.15, 0.2) is 12.2 Å². The number of carbonyl (C=O) groups is 1. The van der Waals surface area contributed by atoms with Crippen molar-refractivity contribution in [1.29, 1.82) is 0 Å². The number of carbonyl (C=O) groups excluding carboxylic acids is 1. The van der Waals surface area contributed by atoms with Crippen LogP contribution in [0.25, 0.3) is 0 Å². The molecule has 0 aromatic heterocycles. The molecule has 0 saturated carbocycles. The minimum Gasteiger partial charge on any atom is -0.747 e. The SMILES string of the molecule is C=C(C)C(=O)NCC(C)(C)S(=O)(=O)[O-].[NH4+]. The molecule has 15 heavy (non-hydrogen) atoms. The van der Waals surface area contributed by atoms with E-state index in [-0.39, 0.29) is 18.3 Å². The Morgan fingerprint density at radius 2 is 1.87 bits per heavy atom. The first-order valence-corrected chi connectivity index (χ1v) is 5.38. The van der Waals surface area contributed by atoms with Gasteiger partial charge in [0.25, 0.3) is 0 Å². The average Bonchev–Trinajstić information content (AvgIpc) is 1.97. The van der Waals surface area contributed by atoms with Crippen LogP contribution < -0.4 is 11.5 Å². The van der Waals surface area contributed by atoms with Gasteiger partial charge in [0, 0.05) is 12.1 Å². The maximum Gasteiger partial charge on any atom is 0.246 e. The van der Waals surface area contributed by atoms with Crippen molar-refractivity contribution < 1.29 is 17.8 Å². The molecule has 90 valence electrons. The van der Waals surface area contributed by atoms with Gasteiger partial charge in [0.1, 0.15) is 10.1 Å². The summed E-state index contributed by atoms with van der Waals surface area (Å²) in [4.78, 5) is 11.0. The minimum atomic E-state index is -4.42. The molecule has 0 aliphatic heterocycles. The van der Waals surface area contributed by atoms with Crippen LogP contribution in [0.5, 0.6) is 0 Å². The highest BCUT2D eigenvalue weighted by atomic mass is 32.2. The third kappa shape index (κ3) is 4.91. The molecule has 0 radical (unpaired) electrons. The second-order valence-corrected chi connectivity index (χ2v) is 5.69. The molecule has 6 nitrogen and oxygen atoms in total. The van der Waals surface area contributed by atoms with E-state index in [1.807, 2.05) is 0 Å². The number of quaternary nitrogens is 1. The van der Waals surface area contributed by atoms with Crippen LogP contribution in [0.2, 0.25) is 0 Å². The van der Waals surface area contributed by atoms with Crippen molar-refractivity contribution in [2.24, 2.45) is 0 Å². The molecule has 0 saturated heterocycles. The molecule has 0 aromatic carbocycles. The molecule has 0 heterocycles. The summed E-state index contributed by atoms with van der Waals surface area (Å²) < 4.78 is 30.6. The molecule has 0 atom stereocenters. The lowest BCUT2D eigenvalue weighted by Crippen LogP contribution is -2.44. The third-order valence-corrected chi connectivity index (χ3v) is 3.24. The monoisotopic (exact) mass is 238 g/mol. The number of hydrogen-bond acceptors (Lipinski definition) is 4. The molecule has 1 amide bonds. The molecule has 0 spiro atoms. The molecule has 0 fully saturated rings. The van der Waals surface area contributed by atoms with Crippen LogP contribution in [0.3, 0.4) is 0 Å². The Labute approximate surface area is 90.1 Å². The largest absolute Gasteiger partial charge is 0.747 e. The molecular formula is C8H18N2O4S. The first-order chi connectivity index (χ1) is 6.08. The van der Waals surface area contributed by atoms with Crippen LogP contribution in [0, 0.1) is 0 Å². The molecule has 0 unspecified atom stereocenters. The quantitative estimate of drug-likeness (QED) is 0.542. The van der Waals surface area contributed by atoms with Gasteiger partial charge in [-0.15, -0.1) is 0 Å². The van der Waals surface area contributed by atoms with E-state index in [4.69, 9.17) is 0 Å². The average molecular weight is 238 g/mol. The zero-order valence-corrected chi connectivity index (χ0v) is 10.3. The van der Waals surface area contributed by atoms with Gasteiger partial charge in [-0.3, -0.25) is 4.79 Å². The first kappa shape index (κ1) is 16.5. The van der Waals surface area contributed by atoms with Gasteiger partial charge in [0.2, 0.25) is 5.91 Å². The molecule has 0 aromatic rings. The predicted molar refractivity (Wildman–Crippen MR) is 57.6 cm³/mol. The molecule has 5 N–H and O–H groups in total. The summed E-state index contributed by atoms with van der Waals surface area (Å²) in [6.45, 7) is 7.17. The van der Waals surface area contributed by atoms with E-state index < -0.39 is 20.8 Å². The Morgan fingerprint density at radius 1 is 1.47 bits per heavy atom. The van der Waals surface area contributed by atoms with Crippen LogP contribution in [-0.4, -0.2) is 30.2 Å². The second kappa shape index (κ2) is 5.24. The van der Waals surface area contributed by atoms with E-state index in [2.05, 4.69) is 11.9 Å². The van der Waals surface area contributed by atoms with E-state index in [1.54, 1.807) is 0 Å². The number of amides is 1. The van der Waals surface area contributed by atoms with Crippen molar-refractivity contribution in [2.45, 2.75) is 25.5 Å². The highest BCUT2D eigenvalue weighted by molar-refractivity contribution is 7.87. The van der Waals surface area contributed by atoms with Gasteiger partial charge in [-0.2, -0.15) is 0 Å². The summed E-state index contributed by atoms with van der Waals surface area (Å²) in [7, 11) is -4.42. The highest BCUT2D eigenvalue weighted by Crippen LogP contribution is 2.12. The first-order valence-electron chi connectivity index (χ1n) is 3.97. The van der Waals surface area contributed by atoms with Crippen molar-refractivity contribution in [3.05, 3.63) is 12.2 Å². The molecule has 0 aliphatic rings. The second-order valence-electron chi connectivity index (χ2n) is 3.68. The van der Waals surface area contributed by atoms with Crippen LogP contribution in [0.4, 0.5) is 0 Å². The zero-order valence-electron chi connectivity index (χ0n) is 9.46. The third-order valence-electron chi connectivity index (χ3n) is 1.74. The van der Waals surface area contributed by atoms with Crippen molar-refractivity contribution >= 4 is 16.0 Å². The topological polar surface area (TPSA) is 123 Å². The number of hydrogen-bond donors (Lipinski definition) is 2. The number of nitrogens with one attached hydrogen (secondary N) is 1. The van der Waals surface area contributed by atoms with Crippen molar-refractivity contribution in [3.8, 4) is 0 Å². The van der Waals surface area contributed by atoms with Crippen molar-refractivity contribution in [2.75, 3.05) is 6.54 Å². The molecule has 0 aliphatic carbocycles. The fourth-order valence-electron chi connectivity index (χ4n) is 0.532. The van der Waals surface area contributed by atoms with Crippen molar-refractivity contribution in [3.63, 3.8) is 0 Å². The maximum absolute atomic E-state index is 11.0. The molecule has 0 bridgehead atoms. The van der Waals surface area contributed by atoms with Gasteiger partial charge in [0.15, 0.2) is 0 Å². The van der Waals surface area contributed by atoms with Crippen LogP contribution in [-0.2, 0) is 14.9 Å².